The standard InChI is InChI=1S/C14H15N5OS/c1-9(13-4-3-7-21-13)19(2)14(20)15-10-5-6-11-12(8-10)17-18-16-11/h3-9H,1-2H3,(H,15,20)(H,16,17,18)/t9-/m0/s1. The van der Waals surface area contributed by atoms with Gasteiger partial charge in [0.15, 0.2) is 0 Å². The van der Waals surface area contributed by atoms with Crippen molar-refractivity contribution in [3.05, 3.63) is 40.6 Å². The molecule has 0 spiro atoms. The Balaban J connectivity index is 1.73. The summed E-state index contributed by atoms with van der Waals surface area (Å²) in [7, 11) is 1.79. The summed E-state index contributed by atoms with van der Waals surface area (Å²) in [5.74, 6) is 0. The van der Waals surface area contributed by atoms with Gasteiger partial charge in [0.25, 0.3) is 0 Å². The molecule has 2 N–H and O–H groups in total. The molecule has 108 valence electrons. The number of nitrogens with zero attached hydrogens (tertiary/aromatic N) is 3. The maximum Gasteiger partial charge on any atom is 0.322 e. The highest BCUT2D eigenvalue weighted by Crippen LogP contribution is 2.24. The van der Waals surface area contributed by atoms with Crippen molar-refractivity contribution in [2.75, 3.05) is 12.4 Å². The Hall–Kier alpha value is -2.41. The molecule has 2 heterocycles. The molecule has 0 aliphatic rings. The zero-order chi connectivity index (χ0) is 14.8. The smallest absolute Gasteiger partial charge is 0.320 e. The van der Waals surface area contributed by atoms with Gasteiger partial charge in [-0.05, 0) is 36.6 Å². The number of amides is 2. The van der Waals surface area contributed by atoms with E-state index in [9.17, 15) is 4.79 Å². The first-order valence-electron chi connectivity index (χ1n) is 6.53. The lowest BCUT2D eigenvalue weighted by molar-refractivity contribution is 0.209. The highest BCUT2D eigenvalue weighted by molar-refractivity contribution is 7.10. The van der Waals surface area contributed by atoms with Crippen LogP contribution in [0.2, 0.25) is 0 Å². The predicted molar refractivity (Wildman–Crippen MR) is 83.4 cm³/mol. The van der Waals surface area contributed by atoms with Gasteiger partial charge in [0.1, 0.15) is 11.0 Å². The van der Waals surface area contributed by atoms with E-state index in [1.807, 2.05) is 36.6 Å². The van der Waals surface area contributed by atoms with Gasteiger partial charge < -0.3 is 10.2 Å². The highest BCUT2D eigenvalue weighted by atomic mass is 32.1. The number of carbonyl (C=O) groups excluding carboxylic acids is 1. The lowest BCUT2D eigenvalue weighted by Gasteiger charge is -2.24. The highest BCUT2D eigenvalue weighted by Gasteiger charge is 2.18. The van der Waals surface area contributed by atoms with Crippen LogP contribution in [0.1, 0.15) is 17.8 Å². The lowest BCUT2D eigenvalue weighted by atomic mass is 10.2. The normalized spacial score (nSPS) is 12.3. The Morgan fingerprint density at radius 2 is 2.14 bits per heavy atom. The Bertz CT molecular complexity index is 752. The first-order chi connectivity index (χ1) is 10.1. The number of aromatic amines is 1. The van der Waals surface area contributed by atoms with E-state index in [2.05, 4.69) is 20.7 Å². The molecule has 1 aromatic carbocycles. The molecule has 0 aliphatic heterocycles. The Labute approximate surface area is 125 Å². The quantitative estimate of drug-likeness (QED) is 0.780. The molecule has 0 saturated heterocycles. The van der Waals surface area contributed by atoms with Crippen LogP contribution in [0.25, 0.3) is 11.0 Å². The average molecular weight is 301 g/mol. The summed E-state index contributed by atoms with van der Waals surface area (Å²) >= 11 is 1.64. The fraction of sp³-hybridized carbons (Fsp3) is 0.214. The first-order valence-corrected chi connectivity index (χ1v) is 7.41. The Kier molecular flexibility index (Phi) is 3.57. The minimum absolute atomic E-state index is 0.0285. The predicted octanol–water partition coefficient (Wildman–Crippen LogP) is 3.24. The Morgan fingerprint density at radius 1 is 1.33 bits per heavy atom. The second kappa shape index (κ2) is 5.53. The minimum atomic E-state index is -0.154. The molecular weight excluding hydrogens is 286 g/mol. The summed E-state index contributed by atoms with van der Waals surface area (Å²) in [5.41, 5.74) is 2.20. The zero-order valence-electron chi connectivity index (χ0n) is 11.7. The summed E-state index contributed by atoms with van der Waals surface area (Å²) < 4.78 is 0. The molecule has 0 radical (unpaired) electrons. The topological polar surface area (TPSA) is 73.9 Å². The van der Waals surface area contributed by atoms with Crippen molar-refractivity contribution in [3.8, 4) is 0 Å². The van der Waals surface area contributed by atoms with Crippen molar-refractivity contribution in [2.45, 2.75) is 13.0 Å². The zero-order valence-corrected chi connectivity index (χ0v) is 12.5. The molecule has 2 amide bonds. The summed E-state index contributed by atoms with van der Waals surface area (Å²) in [4.78, 5) is 15.1. The van der Waals surface area contributed by atoms with Crippen molar-refractivity contribution < 1.29 is 4.79 Å². The number of rotatable bonds is 3. The SMILES string of the molecule is C[C@@H](c1cccs1)N(C)C(=O)Nc1ccc2n[nH]nc2c1. The third kappa shape index (κ3) is 2.73. The van der Waals surface area contributed by atoms with Gasteiger partial charge in [-0.25, -0.2) is 4.79 Å². The summed E-state index contributed by atoms with van der Waals surface area (Å²) in [5, 5.41) is 15.4. The summed E-state index contributed by atoms with van der Waals surface area (Å²) in [6, 6.07) is 9.31. The molecule has 2 aromatic heterocycles. The number of fused-ring (bicyclic) bond motifs is 1. The molecule has 3 rings (SSSR count). The van der Waals surface area contributed by atoms with Crippen LogP contribution in [-0.4, -0.2) is 33.4 Å². The maximum absolute atomic E-state index is 12.3. The third-order valence-electron chi connectivity index (χ3n) is 3.42. The fourth-order valence-electron chi connectivity index (χ4n) is 2.03. The number of urea groups is 1. The van der Waals surface area contributed by atoms with E-state index in [-0.39, 0.29) is 12.1 Å². The number of benzene rings is 1. The van der Waals surface area contributed by atoms with E-state index in [1.165, 1.54) is 0 Å². The summed E-state index contributed by atoms with van der Waals surface area (Å²) in [6.45, 7) is 2.01. The van der Waals surface area contributed by atoms with E-state index in [1.54, 1.807) is 29.4 Å². The monoisotopic (exact) mass is 301 g/mol. The van der Waals surface area contributed by atoms with Gasteiger partial charge in [-0.2, -0.15) is 15.4 Å². The van der Waals surface area contributed by atoms with Gasteiger partial charge in [0.05, 0.1) is 6.04 Å². The van der Waals surface area contributed by atoms with Gasteiger partial charge in [-0.15, -0.1) is 11.3 Å². The molecule has 0 aliphatic carbocycles. The van der Waals surface area contributed by atoms with Crippen LogP contribution in [0.4, 0.5) is 10.5 Å². The summed E-state index contributed by atoms with van der Waals surface area (Å²) in [6.07, 6.45) is 0. The molecule has 3 aromatic rings. The second-order valence-electron chi connectivity index (χ2n) is 4.76. The van der Waals surface area contributed by atoms with Crippen LogP contribution in [0, 0.1) is 0 Å². The molecule has 6 nitrogen and oxygen atoms in total. The Morgan fingerprint density at radius 3 is 2.90 bits per heavy atom. The molecule has 0 unspecified atom stereocenters. The van der Waals surface area contributed by atoms with Crippen molar-refractivity contribution in [1.82, 2.24) is 20.3 Å². The number of thiophene rings is 1. The maximum atomic E-state index is 12.3. The van der Waals surface area contributed by atoms with E-state index in [0.29, 0.717) is 5.69 Å². The second-order valence-corrected chi connectivity index (χ2v) is 5.74. The minimum Gasteiger partial charge on any atom is -0.320 e. The van der Waals surface area contributed by atoms with Crippen LogP contribution < -0.4 is 5.32 Å². The van der Waals surface area contributed by atoms with Crippen molar-refractivity contribution in [3.63, 3.8) is 0 Å². The number of nitrogens with one attached hydrogen (secondary N) is 2. The van der Waals surface area contributed by atoms with Crippen molar-refractivity contribution in [1.29, 1.82) is 0 Å². The van der Waals surface area contributed by atoms with Crippen LogP contribution in [0.3, 0.4) is 0 Å². The number of hydrogen-bond donors (Lipinski definition) is 2. The molecule has 0 saturated carbocycles. The lowest BCUT2D eigenvalue weighted by Crippen LogP contribution is -2.33. The van der Waals surface area contributed by atoms with Crippen LogP contribution in [0.15, 0.2) is 35.7 Å². The number of hydrogen-bond acceptors (Lipinski definition) is 4. The van der Waals surface area contributed by atoms with Crippen LogP contribution >= 0.6 is 11.3 Å². The number of aromatic nitrogens is 3. The third-order valence-corrected chi connectivity index (χ3v) is 4.47. The average Bonchev–Trinajstić information content (AvgIpc) is 3.16. The molecular formula is C14H15N5OS. The van der Waals surface area contributed by atoms with Crippen molar-refractivity contribution in [2.24, 2.45) is 0 Å². The number of H-pyrrole nitrogens is 1. The fourth-order valence-corrected chi connectivity index (χ4v) is 2.85. The molecule has 0 fully saturated rings. The molecule has 21 heavy (non-hydrogen) atoms. The molecule has 1 atom stereocenters. The van der Waals surface area contributed by atoms with Crippen LogP contribution in [-0.2, 0) is 0 Å². The molecule has 7 heteroatoms. The van der Waals surface area contributed by atoms with E-state index >= 15 is 0 Å². The van der Waals surface area contributed by atoms with E-state index < -0.39 is 0 Å². The van der Waals surface area contributed by atoms with E-state index in [4.69, 9.17) is 0 Å². The van der Waals surface area contributed by atoms with E-state index in [0.717, 1.165) is 15.9 Å². The largest absolute Gasteiger partial charge is 0.322 e. The van der Waals surface area contributed by atoms with Gasteiger partial charge >= 0.3 is 6.03 Å². The molecule has 0 bridgehead atoms. The van der Waals surface area contributed by atoms with Gasteiger partial charge in [0, 0.05) is 17.6 Å². The van der Waals surface area contributed by atoms with Gasteiger partial charge in [-0.3, -0.25) is 0 Å². The first kappa shape index (κ1) is 13.6. The van der Waals surface area contributed by atoms with Gasteiger partial charge in [0.2, 0.25) is 0 Å². The van der Waals surface area contributed by atoms with Crippen molar-refractivity contribution >= 4 is 34.1 Å². The number of anilines is 1. The van der Waals surface area contributed by atoms with Gasteiger partial charge in [-0.1, -0.05) is 6.07 Å². The van der Waals surface area contributed by atoms with Crippen LogP contribution in [0.5, 0.6) is 0 Å². The number of carbonyl (C=O) groups is 1.